The van der Waals surface area contributed by atoms with Gasteiger partial charge in [-0.25, -0.2) is 14.8 Å². The largest absolute Gasteiger partial charge is 0.444 e. The van der Waals surface area contributed by atoms with Gasteiger partial charge >= 0.3 is 6.09 Å². The monoisotopic (exact) mass is 370 g/mol. The summed E-state index contributed by atoms with van der Waals surface area (Å²) in [6.45, 7) is 5.60. The molecule has 1 amide bonds. The maximum Gasteiger partial charge on any atom is 0.407 e. The molecule has 1 saturated carbocycles. The van der Waals surface area contributed by atoms with Crippen LogP contribution in [0.5, 0.6) is 0 Å². The fraction of sp³-hybridized carbons (Fsp3) is 0.667. The molecule has 1 aromatic heterocycles. The average Bonchev–Trinajstić information content (AvgIpc) is 2.41. The third-order valence-electron chi connectivity index (χ3n) is 3.42. The molecule has 1 heterocycles. The number of halogens is 1. The van der Waals surface area contributed by atoms with Crippen molar-refractivity contribution < 1.29 is 9.53 Å². The van der Waals surface area contributed by atoms with E-state index < -0.39 is 5.60 Å². The Bertz CT molecular complexity index is 493. The van der Waals surface area contributed by atoms with Crippen molar-refractivity contribution in [3.05, 3.63) is 17.0 Å². The minimum absolute atomic E-state index is 0.184. The van der Waals surface area contributed by atoms with Gasteiger partial charge in [-0.3, -0.25) is 0 Å². The summed E-state index contributed by atoms with van der Waals surface area (Å²) in [5.74, 6) is 0.784. The zero-order valence-corrected chi connectivity index (χ0v) is 14.8. The van der Waals surface area contributed by atoms with Gasteiger partial charge < -0.3 is 15.4 Å². The average molecular weight is 371 g/mol. The number of ether oxygens (including phenoxy) is 1. The number of amides is 1. The van der Waals surface area contributed by atoms with Crippen LogP contribution in [0.2, 0.25) is 0 Å². The van der Waals surface area contributed by atoms with E-state index in [0.29, 0.717) is 6.04 Å². The van der Waals surface area contributed by atoms with Crippen molar-refractivity contribution in [2.75, 3.05) is 5.32 Å². The number of carbonyl (C=O) groups is 1. The lowest BCUT2D eigenvalue weighted by molar-refractivity contribution is 0.0492. The molecule has 7 heteroatoms. The topological polar surface area (TPSA) is 76.1 Å². The summed E-state index contributed by atoms with van der Waals surface area (Å²) < 4.78 is 6.01. The second-order valence-electron chi connectivity index (χ2n) is 6.56. The lowest BCUT2D eigenvalue weighted by Gasteiger charge is -2.30. The molecule has 0 radical (unpaired) electrons. The molecule has 1 aliphatic carbocycles. The van der Waals surface area contributed by atoms with Crippen LogP contribution in [0.4, 0.5) is 10.6 Å². The van der Waals surface area contributed by atoms with Crippen LogP contribution in [-0.4, -0.2) is 33.7 Å². The number of rotatable bonds is 3. The second kappa shape index (κ2) is 7.26. The first-order valence-corrected chi connectivity index (χ1v) is 8.35. The molecule has 2 rings (SSSR count). The Kier molecular flexibility index (Phi) is 5.61. The van der Waals surface area contributed by atoms with Crippen molar-refractivity contribution in [2.45, 2.75) is 64.1 Å². The first-order chi connectivity index (χ1) is 10.3. The lowest BCUT2D eigenvalue weighted by atomic mass is 9.91. The van der Waals surface area contributed by atoms with Gasteiger partial charge in [0.25, 0.3) is 0 Å². The van der Waals surface area contributed by atoms with Crippen LogP contribution in [0.3, 0.4) is 0 Å². The Balaban J connectivity index is 1.73. The van der Waals surface area contributed by atoms with Crippen molar-refractivity contribution in [1.82, 2.24) is 15.3 Å². The Morgan fingerprint density at radius 1 is 1.18 bits per heavy atom. The molecule has 122 valence electrons. The standard InChI is InChI=1S/C15H23BrN4O2/c1-15(2,3)22-14(21)20-11-6-4-10(5-7-11)19-13-9-17-12(16)8-18-13/h8-11H,4-7H2,1-3H3,(H,18,19)(H,20,21). The fourth-order valence-corrected chi connectivity index (χ4v) is 2.66. The Morgan fingerprint density at radius 2 is 1.82 bits per heavy atom. The maximum atomic E-state index is 11.8. The van der Waals surface area contributed by atoms with Crippen LogP contribution in [0.25, 0.3) is 0 Å². The number of hydrogen-bond donors (Lipinski definition) is 2. The molecule has 0 aromatic carbocycles. The molecule has 1 aliphatic rings. The number of nitrogens with one attached hydrogen (secondary N) is 2. The van der Waals surface area contributed by atoms with Crippen molar-refractivity contribution >= 4 is 27.8 Å². The Morgan fingerprint density at radius 3 is 2.36 bits per heavy atom. The van der Waals surface area contributed by atoms with E-state index in [4.69, 9.17) is 4.74 Å². The first-order valence-electron chi connectivity index (χ1n) is 7.55. The van der Waals surface area contributed by atoms with Crippen molar-refractivity contribution in [2.24, 2.45) is 0 Å². The van der Waals surface area contributed by atoms with Crippen LogP contribution in [0.1, 0.15) is 46.5 Å². The summed E-state index contributed by atoms with van der Waals surface area (Å²) >= 11 is 3.27. The molecule has 22 heavy (non-hydrogen) atoms. The van der Waals surface area contributed by atoms with Gasteiger partial charge in [0.1, 0.15) is 16.0 Å². The molecule has 0 atom stereocenters. The van der Waals surface area contributed by atoms with E-state index in [1.807, 2.05) is 20.8 Å². The SMILES string of the molecule is CC(C)(C)OC(=O)NC1CCC(Nc2cnc(Br)cn2)CC1. The smallest absolute Gasteiger partial charge is 0.407 e. The molecular weight excluding hydrogens is 348 g/mol. The number of carbonyl (C=O) groups excluding carboxylic acids is 1. The van der Waals surface area contributed by atoms with E-state index in [2.05, 4.69) is 36.5 Å². The van der Waals surface area contributed by atoms with Gasteiger partial charge in [0, 0.05) is 12.1 Å². The molecule has 0 spiro atoms. The number of anilines is 1. The number of aromatic nitrogens is 2. The van der Waals surface area contributed by atoms with Crippen LogP contribution in [-0.2, 0) is 4.74 Å². The Hall–Kier alpha value is -1.37. The van der Waals surface area contributed by atoms with E-state index >= 15 is 0 Å². The highest BCUT2D eigenvalue weighted by Crippen LogP contribution is 2.22. The number of hydrogen-bond acceptors (Lipinski definition) is 5. The molecule has 1 aromatic rings. The molecule has 0 bridgehead atoms. The quantitative estimate of drug-likeness (QED) is 0.851. The van der Waals surface area contributed by atoms with Crippen LogP contribution < -0.4 is 10.6 Å². The highest BCUT2D eigenvalue weighted by atomic mass is 79.9. The summed E-state index contributed by atoms with van der Waals surface area (Å²) in [5, 5.41) is 6.33. The van der Waals surface area contributed by atoms with E-state index in [0.717, 1.165) is 36.1 Å². The molecule has 0 unspecified atom stereocenters. The predicted octanol–water partition coefficient (Wildman–Crippen LogP) is 3.49. The normalized spacial score (nSPS) is 22.0. The van der Waals surface area contributed by atoms with E-state index in [1.54, 1.807) is 12.4 Å². The molecular formula is C15H23BrN4O2. The van der Waals surface area contributed by atoms with E-state index in [9.17, 15) is 4.79 Å². The van der Waals surface area contributed by atoms with E-state index in [-0.39, 0.29) is 12.1 Å². The summed E-state index contributed by atoms with van der Waals surface area (Å²) in [6, 6.07) is 0.552. The van der Waals surface area contributed by atoms with Gasteiger partial charge in [0.15, 0.2) is 0 Å². The third kappa shape index (κ3) is 5.79. The summed E-state index contributed by atoms with van der Waals surface area (Å²) in [5.41, 5.74) is -0.455. The fourth-order valence-electron chi connectivity index (χ4n) is 2.45. The van der Waals surface area contributed by atoms with Gasteiger partial charge in [-0.05, 0) is 62.4 Å². The predicted molar refractivity (Wildman–Crippen MR) is 88.8 cm³/mol. The molecule has 2 N–H and O–H groups in total. The summed E-state index contributed by atoms with van der Waals surface area (Å²) in [6.07, 6.45) is 6.90. The highest BCUT2D eigenvalue weighted by Gasteiger charge is 2.24. The second-order valence-corrected chi connectivity index (χ2v) is 7.38. The van der Waals surface area contributed by atoms with Gasteiger partial charge in [-0.2, -0.15) is 0 Å². The molecule has 1 fully saturated rings. The van der Waals surface area contributed by atoms with Gasteiger partial charge in [0.2, 0.25) is 0 Å². The highest BCUT2D eigenvalue weighted by molar-refractivity contribution is 9.10. The Labute approximate surface area is 139 Å². The zero-order valence-electron chi connectivity index (χ0n) is 13.2. The molecule has 0 aliphatic heterocycles. The summed E-state index contributed by atoms with van der Waals surface area (Å²) in [4.78, 5) is 20.2. The van der Waals surface area contributed by atoms with Gasteiger partial charge in [0.05, 0.1) is 12.4 Å². The molecule has 6 nitrogen and oxygen atoms in total. The summed E-state index contributed by atoms with van der Waals surface area (Å²) in [7, 11) is 0. The van der Waals surface area contributed by atoms with Crippen LogP contribution >= 0.6 is 15.9 Å². The van der Waals surface area contributed by atoms with Crippen molar-refractivity contribution in [1.29, 1.82) is 0 Å². The minimum atomic E-state index is -0.455. The van der Waals surface area contributed by atoms with Crippen molar-refractivity contribution in [3.63, 3.8) is 0 Å². The van der Waals surface area contributed by atoms with Gasteiger partial charge in [-0.15, -0.1) is 0 Å². The number of alkyl carbamates (subject to hydrolysis) is 1. The van der Waals surface area contributed by atoms with Crippen LogP contribution in [0, 0.1) is 0 Å². The zero-order chi connectivity index (χ0) is 16.2. The van der Waals surface area contributed by atoms with Crippen LogP contribution in [0.15, 0.2) is 17.0 Å². The molecule has 0 saturated heterocycles. The lowest BCUT2D eigenvalue weighted by Crippen LogP contribution is -2.42. The van der Waals surface area contributed by atoms with Gasteiger partial charge in [-0.1, -0.05) is 0 Å². The van der Waals surface area contributed by atoms with E-state index in [1.165, 1.54) is 0 Å². The maximum absolute atomic E-state index is 11.8. The number of nitrogens with zero attached hydrogens (tertiary/aromatic N) is 2. The third-order valence-corrected chi connectivity index (χ3v) is 3.83. The van der Waals surface area contributed by atoms with Crippen molar-refractivity contribution in [3.8, 4) is 0 Å². The minimum Gasteiger partial charge on any atom is -0.444 e. The first kappa shape index (κ1) is 17.0.